The highest BCUT2D eigenvalue weighted by molar-refractivity contribution is 5.96. The summed E-state index contributed by atoms with van der Waals surface area (Å²) in [5.41, 5.74) is 2.62. The molecule has 1 N–H and O–H groups in total. The van der Waals surface area contributed by atoms with Crippen molar-refractivity contribution in [3.05, 3.63) is 11.1 Å². The molecule has 0 aliphatic heterocycles. The predicted molar refractivity (Wildman–Crippen MR) is 73.3 cm³/mol. The molecule has 2 aliphatic carbocycles. The van der Waals surface area contributed by atoms with Crippen molar-refractivity contribution in [2.75, 3.05) is 6.61 Å². The summed E-state index contributed by atoms with van der Waals surface area (Å²) in [6.45, 7) is 8.83. The second kappa shape index (κ2) is 4.48. The fourth-order valence-electron chi connectivity index (χ4n) is 3.66. The minimum atomic E-state index is -0.0326. The van der Waals surface area contributed by atoms with E-state index in [1.165, 1.54) is 18.4 Å². The molecule has 2 rings (SSSR count). The number of carbonyl (C=O) groups is 1. The van der Waals surface area contributed by atoms with Crippen LogP contribution in [-0.4, -0.2) is 17.5 Å². The highest BCUT2D eigenvalue weighted by Gasteiger charge is 2.43. The Balaban J connectivity index is 2.30. The third kappa shape index (κ3) is 2.16. The van der Waals surface area contributed by atoms with E-state index in [9.17, 15) is 9.90 Å². The van der Waals surface area contributed by atoms with Crippen molar-refractivity contribution in [3.63, 3.8) is 0 Å². The lowest BCUT2D eigenvalue weighted by atomic mass is 9.58. The highest BCUT2D eigenvalue weighted by Crippen LogP contribution is 2.53. The van der Waals surface area contributed by atoms with Crippen molar-refractivity contribution < 1.29 is 9.90 Å². The third-order valence-corrected chi connectivity index (χ3v) is 5.51. The van der Waals surface area contributed by atoms with Gasteiger partial charge < -0.3 is 5.11 Å². The Morgan fingerprint density at radius 1 is 1.39 bits per heavy atom. The molecule has 0 heterocycles. The van der Waals surface area contributed by atoms with Gasteiger partial charge in [0.05, 0.1) is 0 Å². The fourth-order valence-corrected chi connectivity index (χ4v) is 3.66. The molecule has 1 fully saturated rings. The molecule has 0 radical (unpaired) electrons. The molecule has 2 nitrogen and oxygen atoms in total. The highest BCUT2D eigenvalue weighted by atomic mass is 16.3. The van der Waals surface area contributed by atoms with Crippen LogP contribution < -0.4 is 0 Å². The Bertz CT molecular complexity index is 392. The van der Waals surface area contributed by atoms with E-state index in [4.69, 9.17) is 0 Å². The Kier molecular flexibility index (Phi) is 3.44. The fraction of sp³-hybridized carbons (Fsp3) is 0.812. The van der Waals surface area contributed by atoms with Crippen molar-refractivity contribution in [1.82, 2.24) is 0 Å². The first kappa shape index (κ1) is 13.8. The zero-order valence-corrected chi connectivity index (χ0v) is 12.2. The lowest BCUT2D eigenvalue weighted by Gasteiger charge is -2.47. The summed E-state index contributed by atoms with van der Waals surface area (Å²) < 4.78 is 0. The first-order valence-electron chi connectivity index (χ1n) is 7.14. The molecule has 0 spiro atoms. The van der Waals surface area contributed by atoms with E-state index in [-0.39, 0.29) is 17.4 Å². The lowest BCUT2D eigenvalue weighted by molar-refractivity contribution is -0.117. The average molecular weight is 250 g/mol. The van der Waals surface area contributed by atoms with E-state index >= 15 is 0 Å². The Morgan fingerprint density at radius 2 is 2.06 bits per heavy atom. The number of rotatable bonds is 2. The number of hydrogen-bond donors (Lipinski definition) is 1. The summed E-state index contributed by atoms with van der Waals surface area (Å²) in [4.78, 5) is 11.9. The van der Waals surface area contributed by atoms with E-state index in [1.807, 2.05) is 6.92 Å². The van der Waals surface area contributed by atoms with E-state index in [0.717, 1.165) is 24.8 Å². The molecule has 1 saturated carbocycles. The van der Waals surface area contributed by atoms with Gasteiger partial charge in [-0.25, -0.2) is 0 Å². The molecule has 0 saturated heterocycles. The predicted octanol–water partition coefficient (Wildman–Crippen LogP) is 3.49. The first-order chi connectivity index (χ1) is 8.30. The normalized spacial score (nSPS) is 33.6. The van der Waals surface area contributed by atoms with Crippen LogP contribution in [0.3, 0.4) is 0 Å². The number of aliphatic hydroxyl groups excluding tert-OH is 1. The number of hydrogen-bond acceptors (Lipinski definition) is 2. The van der Waals surface area contributed by atoms with Crippen LogP contribution in [-0.2, 0) is 4.79 Å². The monoisotopic (exact) mass is 250 g/mol. The molecule has 2 aliphatic rings. The molecule has 2 atom stereocenters. The summed E-state index contributed by atoms with van der Waals surface area (Å²) in [7, 11) is 0. The van der Waals surface area contributed by atoms with Crippen molar-refractivity contribution in [2.45, 2.75) is 59.8 Å². The van der Waals surface area contributed by atoms with Gasteiger partial charge in [0.25, 0.3) is 0 Å². The Hall–Kier alpha value is -0.630. The number of aliphatic hydroxyl groups is 1. The molecular formula is C16H26O2. The molecule has 0 amide bonds. The average Bonchev–Trinajstić information content (AvgIpc) is 2.34. The molecule has 0 aromatic rings. The Labute approximate surface area is 110 Å². The van der Waals surface area contributed by atoms with Crippen molar-refractivity contribution in [2.24, 2.45) is 16.7 Å². The number of fused-ring (bicyclic) bond motifs is 1. The van der Waals surface area contributed by atoms with Crippen LogP contribution in [0.1, 0.15) is 59.8 Å². The van der Waals surface area contributed by atoms with Crippen molar-refractivity contribution in [1.29, 1.82) is 0 Å². The van der Waals surface area contributed by atoms with Gasteiger partial charge >= 0.3 is 0 Å². The van der Waals surface area contributed by atoms with E-state index < -0.39 is 0 Å². The summed E-state index contributed by atoms with van der Waals surface area (Å²) >= 11 is 0. The van der Waals surface area contributed by atoms with Gasteiger partial charge in [-0.1, -0.05) is 26.3 Å². The summed E-state index contributed by atoms with van der Waals surface area (Å²) in [5.74, 6) is 0.844. The van der Waals surface area contributed by atoms with Gasteiger partial charge in [0.15, 0.2) is 5.78 Å². The van der Waals surface area contributed by atoms with Crippen LogP contribution in [0.2, 0.25) is 0 Å². The minimum Gasteiger partial charge on any atom is -0.396 e. The summed E-state index contributed by atoms with van der Waals surface area (Å²) in [6, 6.07) is 0. The molecule has 2 heteroatoms. The van der Waals surface area contributed by atoms with Crippen molar-refractivity contribution in [3.8, 4) is 0 Å². The minimum absolute atomic E-state index is 0.0326. The molecule has 0 bridgehead atoms. The van der Waals surface area contributed by atoms with Crippen LogP contribution >= 0.6 is 0 Å². The maximum Gasteiger partial charge on any atom is 0.158 e. The molecule has 18 heavy (non-hydrogen) atoms. The number of carbonyl (C=O) groups excluding carboxylic acids is 1. The second-order valence-corrected chi connectivity index (χ2v) is 7.17. The van der Waals surface area contributed by atoms with Crippen LogP contribution in [0, 0.1) is 16.7 Å². The largest absolute Gasteiger partial charge is 0.396 e. The van der Waals surface area contributed by atoms with Gasteiger partial charge in [0, 0.05) is 13.0 Å². The Morgan fingerprint density at radius 3 is 2.67 bits per heavy atom. The maximum absolute atomic E-state index is 11.9. The van der Waals surface area contributed by atoms with Gasteiger partial charge in [0.2, 0.25) is 0 Å². The van der Waals surface area contributed by atoms with Gasteiger partial charge in [0.1, 0.15) is 0 Å². The van der Waals surface area contributed by atoms with Gasteiger partial charge in [-0.2, -0.15) is 0 Å². The molecule has 0 unspecified atom stereocenters. The van der Waals surface area contributed by atoms with E-state index in [1.54, 1.807) is 0 Å². The van der Waals surface area contributed by atoms with Crippen LogP contribution in [0.4, 0.5) is 0 Å². The van der Waals surface area contributed by atoms with Gasteiger partial charge in [-0.05, 0) is 54.9 Å². The first-order valence-corrected chi connectivity index (χ1v) is 7.14. The van der Waals surface area contributed by atoms with Crippen LogP contribution in [0.5, 0.6) is 0 Å². The zero-order chi connectivity index (χ0) is 13.6. The quantitative estimate of drug-likeness (QED) is 0.814. The van der Waals surface area contributed by atoms with Crippen molar-refractivity contribution >= 4 is 5.78 Å². The van der Waals surface area contributed by atoms with Gasteiger partial charge in [-0.3, -0.25) is 4.79 Å². The second-order valence-electron chi connectivity index (χ2n) is 7.17. The SMILES string of the molecule is CC1=C2C[C@H](C(C)(C)CO)CC[C@@]2(C)CCC1=O. The third-order valence-electron chi connectivity index (χ3n) is 5.51. The summed E-state index contributed by atoms with van der Waals surface area (Å²) in [5, 5.41) is 9.54. The summed E-state index contributed by atoms with van der Waals surface area (Å²) in [6.07, 6.45) is 5.09. The lowest BCUT2D eigenvalue weighted by Crippen LogP contribution is -2.39. The number of Topliss-reactive ketones (excluding diaryl/α,β-unsaturated/α-hetero) is 1. The van der Waals surface area contributed by atoms with Crippen LogP contribution in [0.25, 0.3) is 0 Å². The molecule has 0 aromatic heterocycles. The molecule has 0 aromatic carbocycles. The number of ketones is 1. The zero-order valence-electron chi connectivity index (χ0n) is 12.2. The van der Waals surface area contributed by atoms with E-state index in [2.05, 4.69) is 20.8 Å². The van der Waals surface area contributed by atoms with Gasteiger partial charge in [-0.15, -0.1) is 0 Å². The molecule has 102 valence electrons. The van der Waals surface area contributed by atoms with E-state index in [0.29, 0.717) is 11.7 Å². The topological polar surface area (TPSA) is 37.3 Å². The van der Waals surface area contributed by atoms with Crippen LogP contribution in [0.15, 0.2) is 11.1 Å². The standard InChI is InChI=1S/C16H26O2/c1-11-13-9-12(15(2,3)10-17)5-7-16(13,4)8-6-14(11)18/h12,17H,5-10H2,1-4H3/t12-,16+/m1/s1. The molecular weight excluding hydrogens is 224 g/mol. The smallest absolute Gasteiger partial charge is 0.158 e. The number of allylic oxidation sites excluding steroid dienone is 2. The maximum atomic E-state index is 11.9.